The van der Waals surface area contributed by atoms with Gasteiger partial charge in [-0.2, -0.15) is 0 Å². The van der Waals surface area contributed by atoms with Gasteiger partial charge in [0.15, 0.2) is 0 Å². The smallest absolute Gasteiger partial charge is 0.0373 e. The Morgan fingerprint density at radius 1 is 0.967 bits per heavy atom. The molecule has 1 aromatic carbocycles. The maximum Gasteiger partial charge on any atom is 0.0373 e. The van der Waals surface area contributed by atoms with E-state index in [2.05, 4.69) is 110 Å². The highest BCUT2D eigenvalue weighted by atomic mass is 31.1. The fourth-order valence-corrected chi connectivity index (χ4v) is 6.87. The fourth-order valence-electron chi connectivity index (χ4n) is 4.53. The summed E-state index contributed by atoms with van der Waals surface area (Å²) in [5.41, 5.74) is 4.47. The number of hydrogen-bond donors (Lipinski definition) is 2. The Bertz CT molecular complexity index is 758. The third-order valence-electron chi connectivity index (χ3n) is 6.82. The molecule has 168 valence electrons. The lowest BCUT2D eigenvalue weighted by Gasteiger charge is -2.44. The van der Waals surface area contributed by atoms with E-state index >= 15 is 0 Å². The predicted molar refractivity (Wildman–Crippen MR) is 138 cm³/mol. The zero-order chi connectivity index (χ0) is 22.9. The molecule has 0 aliphatic carbocycles. The number of rotatable bonds is 11. The maximum atomic E-state index is 4.34. The summed E-state index contributed by atoms with van der Waals surface area (Å²) in [6.45, 7) is 29.5. The molecule has 1 aliphatic heterocycles. The van der Waals surface area contributed by atoms with Crippen LogP contribution in [0.2, 0.25) is 0 Å². The quantitative estimate of drug-likeness (QED) is 0.350. The Kier molecular flexibility index (Phi) is 7.56. The van der Waals surface area contributed by atoms with Gasteiger partial charge in [0.1, 0.15) is 0 Å². The lowest BCUT2D eigenvalue weighted by molar-refractivity contribution is 0.141. The van der Waals surface area contributed by atoms with Gasteiger partial charge in [0, 0.05) is 22.1 Å². The minimum atomic E-state index is -0.130. The number of benzene rings is 1. The first-order chi connectivity index (χ1) is 13.7. The molecule has 2 atom stereocenters. The summed E-state index contributed by atoms with van der Waals surface area (Å²) < 4.78 is 0. The molecule has 2 nitrogen and oxygen atoms in total. The van der Waals surface area contributed by atoms with Crippen LogP contribution < -0.4 is 10.4 Å². The van der Waals surface area contributed by atoms with E-state index in [1.807, 2.05) is 0 Å². The van der Waals surface area contributed by atoms with Crippen LogP contribution >= 0.6 is 8.07 Å². The normalized spacial score (nSPS) is 21.6. The van der Waals surface area contributed by atoms with Crippen LogP contribution in [0.4, 0.5) is 0 Å². The molecule has 0 spiro atoms. The van der Waals surface area contributed by atoms with Crippen molar-refractivity contribution >= 4 is 19.5 Å². The highest BCUT2D eigenvalue weighted by Crippen LogP contribution is 2.68. The van der Waals surface area contributed by atoms with Crippen molar-refractivity contribution in [3.63, 3.8) is 0 Å². The molecule has 1 heterocycles. The molecule has 0 amide bonds. The molecule has 3 heteroatoms. The molecule has 30 heavy (non-hydrogen) atoms. The molecule has 2 N–H and O–H groups in total. The van der Waals surface area contributed by atoms with Crippen LogP contribution in [0.15, 0.2) is 37.4 Å². The Morgan fingerprint density at radius 3 is 1.93 bits per heavy atom. The monoisotopic (exact) mass is 428 g/mol. The first-order valence-corrected chi connectivity index (χ1v) is 13.0. The third-order valence-corrected chi connectivity index (χ3v) is 9.64. The molecule has 1 saturated heterocycles. The Morgan fingerprint density at radius 2 is 1.47 bits per heavy atom. The minimum Gasteiger partial charge on any atom is -0.380 e. The summed E-state index contributed by atoms with van der Waals surface area (Å²) in [4.78, 5) is 0. The van der Waals surface area contributed by atoms with E-state index < -0.39 is 0 Å². The maximum absolute atomic E-state index is 4.34. The average molecular weight is 429 g/mol. The molecule has 0 bridgehead atoms. The Hall–Kier alpha value is -1.27. The molecule has 1 fully saturated rings. The summed E-state index contributed by atoms with van der Waals surface area (Å²) in [6.07, 6.45) is 3.77. The molecule has 1 aliphatic rings. The van der Waals surface area contributed by atoms with Gasteiger partial charge in [0.05, 0.1) is 0 Å². The zero-order valence-corrected chi connectivity index (χ0v) is 21.8. The highest BCUT2D eigenvalue weighted by molar-refractivity contribution is 7.65. The molecule has 0 saturated carbocycles. The first-order valence-electron chi connectivity index (χ1n) is 11.5. The van der Waals surface area contributed by atoms with E-state index in [1.54, 1.807) is 0 Å². The zero-order valence-electron chi connectivity index (χ0n) is 20.9. The second kappa shape index (κ2) is 9.07. The fraction of sp³-hybridized carbons (Fsp3) is 0.630. The van der Waals surface area contributed by atoms with E-state index in [0.29, 0.717) is 11.1 Å². The second-order valence-electron chi connectivity index (χ2n) is 11.6. The highest BCUT2D eigenvalue weighted by Gasteiger charge is 2.50. The molecule has 1 aromatic rings. The van der Waals surface area contributed by atoms with Gasteiger partial charge < -0.3 is 10.4 Å². The van der Waals surface area contributed by atoms with Crippen molar-refractivity contribution in [3.8, 4) is 0 Å². The molecule has 2 rings (SSSR count). The van der Waals surface area contributed by atoms with Crippen LogP contribution in [0.25, 0.3) is 11.4 Å². The van der Waals surface area contributed by atoms with Gasteiger partial charge in [-0.15, -0.1) is 0 Å². The van der Waals surface area contributed by atoms with Crippen molar-refractivity contribution in [2.45, 2.75) is 85.9 Å². The van der Waals surface area contributed by atoms with Crippen LogP contribution in [0.3, 0.4) is 0 Å². The average Bonchev–Trinajstić information content (AvgIpc) is 3.20. The first kappa shape index (κ1) is 25.0. The van der Waals surface area contributed by atoms with E-state index in [-0.39, 0.29) is 19.0 Å². The van der Waals surface area contributed by atoms with Gasteiger partial charge in [-0.3, -0.25) is 0 Å². The summed E-state index contributed by atoms with van der Waals surface area (Å²) in [6, 6.07) is 8.66. The molecular weight excluding hydrogens is 383 g/mol. The standard InChI is InChI=1S/C27H45N2P/c1-19(2)16-25(7,8)26(9,10)28-21(5)23-12-14-24(15-13-23)22(6)29-30-18-27(30,11)17-20(3)4/h12-15,19-20,28-29H,5-6,16-18H2,1-4,7-11H3. The molecule has 0 radical (unpaired) electrons. The lowest BCUT2D eigenvalue weighted by atomic mass is 9.69. The van der Waals surface area contributed by atoms with Gasteiger partial charge in [-0.25, -0.2) is 0 Å². The molecule has 0 aromatic heterocycles. The Labute approximate surface area is 187 Å². The third kappa shape index (κ3) is 6.13. The summed E-state index contributed by atoms with van der Waals surface area (Å²) in [5, 5.41) is 7.92. The van der Waals surface area contributed by atoms with Gasteiger partial charge in [0.25, 0.3) is 0 Å². The van der Waals surface area contributed by atoms with E-state index in [4.69, 9.17) is 0 Å². The van der Waals surface area contributed by atoms with Crippen molar-refractivity contribution in [1.29, 1.82) is 0 Å². The van der Waals surface area contributed by atoms with Gasteiger partial charge in [-0.1, -0.05) is 85.9 Å². The van der Waals surface area contributed by atoms with E-state index in [1.165, 1.54) is 24.6 Å². The molecule has 2 unspecified atom stereocenters. The largest absolute Gasteiger partial charge is 0.380 e. The van der Waals surface area contributed by atoms with Crippen LogP contribution in [-0.4, -0.2) is 16.9 Å². The van der Waals surface area contributed by atoms with Crippen LogP contribution in [-0.2, 0) is 0 Å². The Balaban J connectivity index is 1.98. The van der Waals surface area contributed by atoms with Crippen molar-refractivity contribution in [2.75, 3.05) is 6.16 Å². The van der Waals surface area contributed by atoms with Gasteiger partial charge in [0.2, 0.25) is 0 Å². The van der Waals surface area contributed by atoms with Crippen LogP contribution in [0.5, 0.6) is 0 Å². The van der Waals surface area contributed by atoms with Gasteiger partial charge in [-0.05, 0) is 69.3 Å². The van der Waals surface area contributed by atoms with E-state index in [0.717, 1.165) is 22.9 Å². The predicted octanol–water partition coefficient (Wildman–Crippen LogP) is 7.87. The summed E-state index contributed by atoms with van der Waals surface area (Å²) in [5.74, 6) is 1.42. The lowest BCUT2D eigenvalue weighted by Crippen LogP contribution is -2.50. The topological polar surface area (TPSA) is 24.1 Å². The van der Waals surface area contributed by atoms with Crippen LogP contribution in [0.1, 0.15) is 86.3 Å². The summed E-state index contributed by atoms with van der Waals surface area (Å²) >= 11 is 0. The van der Waals surface area contributed by atoms with Crippen LogP contribution in [0, 0.1) is 17.3 Å². The molecular formula is C27H45N2P. The van der Waals surface area contributed by atoms with Crippen molar-refractivity contribution in [2.24, 2.45) is 17.3 Å². The number of hydrogen-bond acceptors (Lipinski definition) is 2. The van der Waals surface area contributed by atoms with Crippen molar-refractivity contribution in [3.05, 3.63) is 48.6 Å². The SMILES string of the molecule is C=C(NP1CC1(C)CC(C)C)c1ccc(C(=C)NC(C)(C)C(C)(C)CC(C)C)cc1. The second-order valence-corrected chi connectivity index (χ2v) is 14.0. The van der Waals surface area contributed by atoms with Gasteiger partial charge >= 0.3 is 0 Å². The number of nitrogens with one attached hydrogen (secondary N) is 2. The van der Waals surface area contributed by atoms with Crippen molar-refractivity contribution < 1.29 is 0 Å². The van der Waals surface area contributed by atoms with Crippen molar-refractivity contribution in [1.82, 2.24) is 10.4 Å². The minimum absolute atomic E-state index is 0.0480. The summed E-state index contributed by atoms with van der Waals surface area (Å²) in [7, 11) is -0.130. The van der Waals surface area contributed by atoms with E-state index in [9.17, 15) is 0 Å².